The molecule has 0 radical (unpaired) electrons. The fourth-order valence-corrected chi connectivity index (χ4v) is 4.95. The van der Waals surface area contributed by atoms with Crippen molar-refractivity contribution in [1.82, 2.24) is 14.7 Å². The SMILES string of the molecule is C=CC(=O)N1CCCC(C(=O)N2CC3(CCN(Cc4ccccc4)C3)C2)C1. The predicted molar refractivity (Wildman–Crippen MR) is 105 cm³/mol. The van der Waals surface area contributed by atoms with E-state index in [2.05, 4.69) is 41.8 Å². The van der Waals surface area contributed by atoms with E-state index in [0.717, 1.165) is 52.1 Å². The molecule has 27 heavy (non-hydrogen) atoms. The second kappa shape index (κ2) is 7.47. The van der Waals surface area contributed by atoms with Crippen LogP contribution < -0.4 is 0 Å². The van der Waals surface area contributed by atoms with Crippen molar-refractivity contribution in [3.8, 4) is 0 Å². The minimum Gasteiger partial charge on any atom is -0.341 e. The smallest absolute Gasteiger partial charge is 0.245 e. The Kier molecular flexibility index (Phi) is 5.04. The predicted octanol–water partition coefficient (Wildman–Crippen LogP) is 2.15. The molecule has 3 aliphatic rings. The molecule has 4 rings (SSSR count). The number of rotatable bonds is 4. The molecule has 0 aliphatic carbocycles. The lowest BCUT2D eigenvalue weighted by Gasteiger charge is -2.50. The van der Waals surface area contributed by atoms with Gasteiger partial charge in [-0.3, -0.25) is 14.5 Å². The lowest BCUT2D eigenvalue weighted by atomic mass is 9.78. The second-order valence-electron chi connectivity index (χ2n) is 8.47. The quantitative estimate of drug-likeness (QED) is 0.766. The van der Waals surface area contributed by atoms with Crippen molar-refractivity contribution in [3.05, 3.63) is 48.6 Å². The number of nitrogens with zero attached hydrogens (tertiary/aromatic N) is 3. The third-order valence-corrected chi connectivity index (χ3v) is 6.39. The lowest BCUT2D eigenvalue weighted by Crippen LogP contribution is -2.61. The maximum atomic E-state index is 12.9. The molecule has 2 amide bonds. The fraction of sp³-hybridized carbons (Fsp3) is 0.545. The van der Waals surface area contributed by atoms with Crippen LogP contribution in [0.1, 0.15) is 24.8 Å². The number of hydrogen-bond donors (Lipinski definition) is 0. The van der Waals surface area contributed by atoms with E-state index < -0.39 is 0 Å². The molecule has 0 N–H and O–H groups in total. The zero-order valence-corrected chi connectivity index (χ0v) is 16.0. The number of carbonyl (C=O) groups excluding carboxylic acids is 2. The highest BCUT2D eigenvalue weighted by molar-refractivity contribution is 5.88. The van der Waals surface area contributed by atoms with Gasteiger partial charge in [0.1, 0.15) is 0 Å². The Morgan fingerprint density at radius 2 is 1.89 bits per heavy atom. The summed E-state index contributed by atoms with van der Waals surface area (Å²) in [4.78, 5) is 31.1. The Morgan fingerprint density at radius 1 is 1.11 bits per heavy atom. The number of amides is 2. The van der Waals surface area contributed by atoms with Crippen molar-refractivity contribution in [2.24, 2.45) is 11.3 Å². The Balaban J connectivity index is 1.28. The van der Waals surface area contributed by atoms with E-state index in [1.807, 2.05) is 4.90 Å². The zero-order chi connectivity index (χ0) is 18.9. The number of carbonyl (C=O) groups is 2. The fourth-order valence-electron chi connectivity index (χ4n) is 4.95. The molecule has 0 bridgehead atoms. The molecular weight excluding hydrogens is 338 g/mol. The van der Waals surface area contributed by atoms with Crippen LogP contribution in [-0.4, -0.2) is 65.8 Å². The Bertz CT molecular complexity index is 712. The van der Waals surface area contributed by atoms with Crippen LogP contribution in [0.15, 0.2) is 43.0 Å². The Morgan fingerprint density at radius 3 is 2.63 bits per heavy atom. The summed E-state index contributed by atoms with van der Waals surface area (Å²) in [6, 6.07) is 10.6. The maximum absolute atomic E-state index is 12.9. The van der Waals surface area contributed by atoms with Crippen LogP contribution in [0.2, 0.25) is 0 Å². The van der Waals surface area contributed by atoms with Gasteiger partial charge in [0.05, 0.1) is 5.92 Å². The Hall–Kier alpha value is -2.14. The second-order valence-corrected chi connectivity index (χ2v) is 8.47. The van der Waals surface area contributed by atoms with Gasteiger partial charge in [-0.1, -0.05) is 36.9 Å². The van der Waals surface area contributed by atoms with Crippen LogP contribution in [0.3, 0.4) is 0 Å². The van der Waals surface area contributed by atoms with E-state index in [1.165, 1.54) is 18.1 Å². The first-order valence-corrected chi connectivity index (χ1v) is 10.0. The molecule has 3 saturated heterocycles. The molecule has 5 nitrogen and oxygen atoms in total. The number of hydrogen-bond acceptors (Lipinski definition) is 3. The minimum absolute atomic E-state index is 0.0400. The molecule has 1 aromatic rings. The van der Waals surface area contributed by atoms with Crippen LogP contribution in [0.5, 0.6) is 0 Å². The van der Waals surface area contributed by atoms with Crippen molar-refractivity contribution < 1.29 is 9.59 Å². The summed E-state index contributed by atoms with van der Waals surface area (Å²) in [6.07, 6.45) is 4.32. The van der Waals surface area contributed by atoms with Crippen LogP contribution in [0.25, 0.3) is 0 Å². The lowest BCUT2D eigenvalue weighted by molar-refractivity contribution is -0.150. The summed E-state index contributed by atoms with van der Waals surface area (Å²) >= 11 is 0. The molecule has 1 atom stereocenters. The average Bonchev–Trinajstić information content (AvgIpc) is 3.10. The summed E-state index contributed by atoms with van der Waals surface area (Å²) in [5, 5.41) is 0. The first-order chi connectivity index (χ1) is 13.1. The first-order valence-electron chi connectivity index (χ1n) is 10.0. The van der Waals surface area contributed by atoms with Crippen molar-refractivity contribution >= 4 is 11.8 Å². The van der Waals surface area contributed by atoms with Crippen molar-refractivity contribution in [1.29, 1.82) is 0 Å². The van der Waals surface area contributed by atoms with Crippen LogP contribution in [-0.2, 0) is 16.1 Å². The van der Waals surface area contributed by atoms with E-state index in [0.29, 0.717) is 6.54 Å². The molecule has 144 valence electrons. The normalized spacial score (nSPS) is 24.7. The highest BCUT2D eigenvalue weighted by Crippen LogP contribution is 2.41. The van der Waals surface area contributed by atoms with Crippen LogP contribution >= 0.6 is 0 Å². The van der Waals surface area contributed by atoms with Crippen molar-refractivity contribution in [3.63, 3.8) is 0 Å². The summed E-state index contributed by atoms with van der Waals surface area (Å²) in [5.41, 5.74) is 1.64. The minimum atomic E-state index is -0.0556. The van der Waals surface area contributed by atoms with Crippen LogP contribution in [0.4, 0.5) is 0 Å². The van der Waals surface area contributed by atoms with E-state index in [-0.39, 0.29) is 23.1 Å². The van der Waals surface area contributed by atoms with E-state index in [1.54, 1.807) is 4.90 Å². The van der Waals surface area contributed by atoms with Gasteiger partial charge in [0.2, 0.25) is 11.8 Å². The average molecular weight is 367 g/mol. The highest BCUT2D eigenvalue weighted by atomic mass is 16.2. The highest BCUT2D eigenvalue weighted by Gasteiger charge is 2.50. The topological polar surface area (TPSA) is 43.9 Å². The van der Waals surface area contributed by atoms with Gasteiger partial charge in [0.25, 0.3) is 0 Å². The zero-order valence-electron chi connectivity index (χ0n) is 16.0. The van der Waals surface area contributed by atoms with Gasteiger partial charge in [0.15, 0.2) is 0 Å². The monoisotopic (exact) mass is 367 g/mol. The van der Waals surface area contributed by atoms with E-state index in [4.69, 9.17) is 0 Å². The van der Waals surface area contributed by atoms with Gasteiger partial charge in [-0.2, -0.15) is 0 Å². The summed E-state index contributed by atoms with van der Waals surface area (Å²) < 4.78 is 0. The molecule has 3 aliphatic heterocycles. The molecule has 3 heterocycles. The first kappa shape index (κ1) is 18.2. The summed E-state index contributed by atoms with van der Waals surface area (Å²) in [5.74, 6) is 0.144. The molecular formula is C22H29N3O2. The standard InChI is InChI=1S/C22H29N3O2/c1-2-20(26)24-11-6-9-19(14-24)21(27)25-16-22(17-25)10-12-23(15-22)13-18-7-4-3-5-8-18/h2-5,7-8,19H,1,6,9-17H2. The molecule has 1 spiro atoms. The van der Waals surface area contributed by atoms with E-state index >= 15 is 0 Å². The van der Waals surface area contributed by atoms with Gasteiger partial charge >= 0.3 is 0 Å². The van der Waals surface area contributed by atoms with Gasteiger partial charge < -0.3 is 9.80 Å². The number of piperidine rings is 1. The largest absolute Gasteiger partial charge is 0.341 e. The van der Waals surface area contributed by atoms with Crippen molar-refractivity contribution in [2.45, 2.75) is 25.8 Å². The van der Waals surface area contributed by atoms with Gasteiger partial charge in [-0.05, 0) is 37.4 Å². The van der Waals surface area contributed by atoms with Gasteiger partial charge in [-0.15, -0.1) is 0 Å². The number of benzene rings is 1. The van der Waals surface area contributed by atoms with Gasteiger partial charge in [0, 0.05) is 44.7 Å². The summed E-state index contributed by atoms with van der Waals surface area (Å²) in [7, 11) is 0. The molecule has 0 aromatic heterocycles. The third-order valence-electron chi connectivity index (χ3n) is 6.39. The molecule has 1 aromatic carbocycles. The Labute approximate surface area is 161 Å². The molecule has 3 fully saturated rings. The number of likely N-dealkylation sites (tertiary alicyclic amines) is 3. The van der Waals surface area contributed by atoms with Crippen LogP contribution in [0, 0.1) is 11.3 Å². The van der Waals surface area contributed by atoms with Crippen molar-refractivity contribution in [2.75, 3.05) is 39.3 Å². The molecule has 5 heteroatoms. The molecule has 0 saturated carbocycles. The maximum Gasteiger partial charge on any atom is 0.245 e. The van der Waals surface area contributed by atoms with Gasteiger partial charge in [-0.25, -0.2) is 0 Å². The summed E-state index contributed by atoms with van der Waals surface area (Å²) in [6.45, 7) is 9.80. The molecule has 1 unspecified atom stereocenters. The van der Waals surface area contributed by atoms with E-state index in [9.17, 15) is 9.59 Å². The third kappa shape index (κ3) is 3.79.